The molecule has 0 spiro atoms. The molecule has 0 atom stereocenters. The standard InChI is InChI=1S/C28H40BrN3O2/c29-21-8-15-27-25(16-21)26(18-32(27)17-19-4-2-1-3-5-19)20-6-9-22(10-7-20)31-23-11-13-24(14-12-23)34-28(30)33/h8,15-16,18-20,22-24,31H,1-7,9-14,17H2,(H2,30,33). The van der Waals surface area contributed by atoms with Gasteiger partial charge in [0.25, 0.3) is 0 Å². The predicted octanol–water partition coefficient (Wildman–Crippen LogP) is 7.01. The summed E-state index contributed by atoms with van der Waals surface area (Å²) in [6, 6.07) is 8.02. The average molecular weight is 531 g/mol. The van der Waals surface area contributed by atoms with Gasteiger partial charge in [-0.3, -0.25) is 0 Å². The van der Waals surface area contributed by atoms with Crippen molar-refractivity contribution in [2.75, 3.05) is 0 Å². The van der Waals surface area contributed by atoms with Crippen molar-refractivity contribution >= 4 is 32.9 Å². The number of amides is 1. The Bertz CT molecular complexity index is 967. The van der Waals surface area contributed by atoms with Gasteiger partial charge in [0.15, 0.2) is 0 Å². The summed E-state index contributed by atoms with van der Waals surface area (Å²) in [5.41, 5.74) is 8.16. The molecule has 1 aromatic carbocycles. The van der Waals surface area contributed by atoms with Crippen molar-refractivity contribution in [3.8, 4) is 0 Å². The average Bonchev–Trinajstić information content (AvgIpc) is 3.18. The van der Waals surface area contributed by atoms with Gasteiger partial charge in [-0.1, -0.05) is 35.2 Å². The lowest BCUT2D eigenvalue weighted by Crippen LogP contribution is -2.43. The van der Waals surface area contributed by atoms with Gasteiger partial charge >= 0.3 is 6.09 Å². The fraction of sp³-hybridized carbons (Fsp3) is 0.679. The normalized spacial score (nSPS) is 28.7. The number of ether oxygens (including phenoxy) is 1. The maximum Gasteiger partial charge on any atom is 0.404 e. The molecule has 0 saturated heterocycles. The highest BCUT2D eigenvalue weighted by Gasteiger charge is 2.29. The second-order valence-corrected chi connectivity index (χ2v) is 11.9. The number of nitrogens with one attached hydrogen (secondary N) is 1. The summed E-state index contributed by atoms with van der Waals surface area (Å²) < 4.78 is 8.95. The quantitative estimate of drug-likeness (QED) is 0.422. The Morgan fingerprint density at radius 2 is 1.65 bits per heavy atom. The molecule has 0 radical (unpaired) electrons. The van der Waals surface area contributed by atoms with Crippen molar-refractivity contribution in [3.63, 3.8) is 0 Å². The van der Waals surface area contributed by atoms with Gasteiger partial charge < -0.3 is 20.4 Å². The molecular weight excluding hydrogens is 490 g/mol. The maximum atomic E-state index is 11.0. The summed E-state index contributed by atoms with van der Waals surface area (Å²) in [4.78, 5) is 11.0. The molecule has 186 valence electrons. The SMILES string of the molecule is NC(=O)OC1CCC(NC2CCC(c3cn(CC4CCCCC4)c4ccc(Br)cc34)CC2)CC1. The summed E-state index contributed by atoms with van der Waals surface area (Å²) >= 11 is 3.73. The summed E-state index contributed by atoms with van der Waals surface area (Å²) in [6.07, 6.45) is 17.9. The van der Waals surface area contributed by atoms with E-state index in [2.05, 4.69) is 50.2 Å². The number of hydrogen-bond donors (Lipinski definition) is 2. The van der Waals surface area contributed by atoms with Crippen LogP contribution in [0, 0.1) is 5.92 Å². The van der Waals surface area contributed by atoms with Crippen LogP contribution in [0.25, 0.3) is 10.9 Å². The van der Waals surface area contributed by atoms with Gasteiger partial charge in [-0.05, 0) is 99.8 Å². The Kier molecular flexibility index (Phi) is 7.84. The first-order chi connectivity index (χ1) is 16.5. The molecule has 1 heterocycles. The van der Waals surface area contributed by atoms with Crippen LogP contribution >= 0.6 is 15.9 Å². The Labute approximate surface area is 212 Å². The number of benzene rings is 1. The molecule has 5 rings (SSSR count). The molecule has 2 aromatic rings. The molecule has 0 bridgehead atoms. The molecular formula is C28H40BrN3O2. The second-order valence-electron chi connectivity index (χ2n) is 11.0. The number of carbonyl (C=O) groups is 1. The van der Waals surface area contributed by atoms with Gasteiger partial charge in [0.2, 0.25) is 0 Å². The molecule has 3 aliphatic rings. The zero-order valence-electron chi connectivity index (χ0n) is 20.3. The van der Waals surface area contributed by atoms with Crippen LogP contribution in [-0.4, -0.2) is 28.8 Å². The van der Waals surface area contributed by atoms with Crippen LogP contribution < -0.4 is 11.1 Å². The van der Waals surface area contributed by atoms with E-state index in [1.165, 1.54) is 79.7 Å². The maximum absolute atomic E-state index is 11.0. The van der Waals surface area contributed by atoms with Crippen LogP contribution in [0.3, 0.4) is 0 Å². The topological polar surface area (TPSA) is 69.3 Å². The van der Waals surface area contributed by atoms with Crippen LogP contribution in [0.1, 0.15) is 95.0 Å². The lowest BCUT2D eigenvalue weighted by atomic mass is 9.81. The highest BCUT2D eigenvalue weighted by Crippen LogP contribution is 2.39. The minimum atomic E-state index is -0.637. The van der Waals surface area contributed by atoms with E-state index in [0.717, 1.165) is 31.6 Å². The summed E-state index contributed by atoms with van der Waals surface area (Å²) in [5.74, 6) is 1.49. The van der Waals surface area contributed by atoms with E-state index < -0.39 is 6.09 Å². The van der Waals surface area contributed by atoms with Gasteiger partial charge in [-0.15, -0.1) is 0 Å². The largest absolute Gasteiger partial charge is 0.446 e. The van der Waals surface area contributed by atoms with Crippen molar-refractivity contribution in [3.05, 3.63) is 34.4 Å². The lowest BCUT2D eigenvalue weighted by molar-refractivity contribution is 0.0737. The Balaban J connectivity index is 1.20. The zero-order chi connectivity index (χ0) is 23.5. The number of nitrogens with two attached hydrogens (primary N) is 1. The van der Waals surface area contributed by atoms with Crippen LogP contribution in [0.4, 0.5) is 4.79 Å². The minimum Gasteiger partial charge on any atom is -0.446 e. The van der Waals surface area contributed by atoms with Gasteiger partial charge in [0.05, 0.1) is 0 Å². The number of aromatic nitrogens is 1. The monoisotopic (exact) mass is 529 g/mol. The molecule has 3 aliphatic carbocycles. The summed E-state index contributed by atoms with van der Waals surface area (Å²) in [7, 11) is 0. The number of rotatable bonds is 6. The molecule has 6 heteroatoms. The zero-order valence-corrected chi connectivity index (χ0v) is 21.9. The van der Waals surface area contributed by atoms with Gasteiger partial charge in [0, 0.05) is 40.2 Å². The molecule has 0 aliphatic heterocycles. The van der Waals surface area contributed by atoms with E-state index in [-0.39, 0.29) is 6.10 Å². The third-order valence-corrected chi connectivity index (χ3v) is 9.14. The van der Waals surface area contributed by atoms with Crippen molar-refractivity contribution in [2.45, 2.75) is 114 Å². The molecule has 3 N–H and O–H groups in total. The highest BCUT2D eigenvalue weighted by atomic mass is 79.9. The second kappa shape index (κ2) is 11.0. The number of halogens is 1. The van der Waals surface area contributed by atoms with E-state index in [1.807, 2.05) is 0 Å². The fourth-order valence-electron chi connectivity index (χ4n) is 6.84. The first kappa shape index (κ1) is 24.2. The van der Waals surface area contributed by atoms with Crippen LogP contribution in [-0.2, 0) is 11.3 Å². The van der Waals surface area contributed by atoms with Crippen LogP contribution in [0.5, 0.6) is 0 Å². The molecule has 5 nitrogen and oxygen atoms in total. The van der Waals surface area contributed by atoms with E-state index in [0.29, 0.717) is 18.0 Å². The number of carbonyl (C=O) groups excluding carboxylic acids is 1. The van der Waals surface area contributed by atoms with Gasteiger partial charge in [0.1, 0.15) is 6.10 Å². The third-order valence-electron chi connectivity index (χ3n) is 8.65. The molecule has 1 amide bonds. The van der Waals surface area contributed by atoms with Crippen LogP contribution in [0.15, 0.2) is 28.9 Å². The van der Waals surface area contributed by atoms with E-state index in [9.17, 15) is 4.79 Å². The van der Waals surface area contributed by atoms with E-state index in [1.54, 1.807) is 5.56 Å². The molecule has 3 fully saturated rings. The van der Waals surface area contributed by atoms with Crippen molar-refractivity contribution in [1.82, 2.24) is 9.88 Å². The van der Waals surface area contributed by atoms with Crippen molar-refractivity contribution in [2.24, 2.45) is 11.7 Å². The van der Waals surface area contributed by atoms with Gasteiger partial charge in [-0.2, -0.15) is 0 Å². The molecule has 1 aromatic heterocycles. The highest BCUT2D eigenvalue weighted by molar-refractivity contribution is 9.10. The van der Waals surface area contributed by atoms with Crippen molar-refractivity contribution in [1.29, 1.82) is 0 Å². The van der Waals surface area contributed by atoms with E-state index in [4.69, 9.17) is 10.5 Å². The molecule has 0 unspecified atom stereocenters. The number of hydrogen-bond acceptors (Lipinski definition) is 3. The number of fused-ring (bicyclic) bond motifs is 1. The Morgan fingerprint density at radius 3 is 2.32 bits per heavy atom. The van der Waals surface area contributed by atoms with E-state index >= 15 is 0 Å². The third kappa shape index (κ3) is 5.81. The number of nitrogens with zero attached hydrogens (tertiary/aromatic N) is 1. The minimum absolute atomic E-state index is 0.0107. The lowest BCUT2D eigenvalue weighted by Gasteiger charge is -2.35. The Morgan fingerprint density at radius 1 is 0.971 bits per heavy atom. The first-order valence-corrected chi connectivity index (χ1v) is 14.3. The summed E-state index contributed by atoms with van der Waals surface area (Å²) in [5, 5.41) is 5.38. The van der Waals surface area contributed by atoms with Crippen molar-refractivity contribution < 1.29 is 9.53 Å². The van der Waals surface area contributed by atoms with Crippen LogP contribution in [0.2, 0.25) is 0 Å². The fourth-order valence-corrected chi connectivity index (χ4v) is 7.20. The first-order valence-electron chi connectivity index (χ1n) is 13.6. The predicted molar refractivity (Wildman–Crippen MR) is 141 cm³/mol. The Hall–Kier alpha value is -1.53. The van der Waals surface area contributed by atoms with Gasteiger partial charge in [-0.25, -0.2) is 4.79 Å². The number of primary amides is 1. The molecule has 34 heavy (non-hydrogen) atoms. The summed E-state index contributed by atoms with van der Waals surface area (Å²) in [6.45, 7) is 1.18. The smallest absolute Gasteiger partial charge is 0.404 e. The molecule has 3 saturated carbocycles.